The second kappa shape index (κ2) is 3.98. The van der Waals surface area contributed by atoms with Crippen molar-refractivity contribution >= 4 is 5.78 Å². The van der Waals surface area contributed by atoms with Crippen LogP contribution in [-0.2, 0) is 6.42 Å². The minimum atomic E-state index is 0.0680. The average molecular weight is 238 g/mol. The van der Waals surface area contributed by atoms with Gasteiger partial charge in [-0.3, -0.25) is 4.79 Å². The quantitative estimate of drug-likeness (QED) is 0.826. The minimum absolute atomic E-state index is 0.0680. The van der Waals surface area contributed by atoms with Gasteiger partial charge in [0.05, 0.1) is 0 Å². The summed E-state index contributed by atoms with van der Waals surface area (Å²) < 4.78 is 0. The highest BCUT2D eigenvalue weighted by Crippen LogP contribution is 2.35. The first kappa shape index (κ1) is 11.0. The fraction of sp³-hybridized carbons (Fsp3) is 0.188. The van der Waals surface area contributed by atoms with E-state index in [0.29, 0.717) is 0 Å². The van der Waals surface area contributed by atoms with Gasteiger partial charge in [-0.25, -0.2) is 0 Å². The highest BCUT2D eigenvalue weighted by Gasteiger charge is 2.28. The van der Waals surface area contributed by atoms with Crippen molar-refractivity contribution in [3.05, 3.63) is 53.6 Å². The predicted molar refractivity (Wildman–Crippen MR) is 70.7 cm³/mol. The standard InChI is InChI=1S/C16H14O2/c1-10-8-15-13(6-3-7-14(15)16(10)18)11-4-2-5-12(17)9-11/h2-7,9-10,17H,8H2,1H3. The Hall–Kier alpha value is -2.09. The van der Waals surface area contributed by atoms with E-state index in [2.05, 4.69) is 0 Å². The van der Waals surface area contributed by atoms with Crippen molar-refractivity contribution in [2.24, 2.45) is 5.92 Å². The minimum Gasteiger partial charge on any atom is -0.508 e. The van der Waals surface area contributed by atoms with Crippen molar-refractivity contribution in [2.75, 3.05) is 0 Å². The molecule has 0 saturated heterocycles. The third-order valence-electron chi connectivity index (χ3n) is 3.56. The molecule has 0 saturated carbocycles. The lowest BCUT2D eigenvalue weighted by atomic mass is 9.96. The molecule has 2 aromatic carbocycles. The molecule has 0 aromatic heterocycles. The number of aromatic hydroxyl groups is 1. The summed E-state index contributed by atoms with van der Waals surface area (Å²) in [5.41, 5.74) is 3.97. The second-order valence-electron chi connectivity index (χ2n) is 4.85. The van der Waals surface area contributed by atoms with E-state index in [1.54, 1.807) is 12.1 Å². The number of phenols is 1. The number of carbonyl (C=O) groups is 1. The van der Waals surface area contributed by atoms with Gasteiger partial charge in [-0.1, -0.05) is 37.3 Å². The van der Waals surface area contributed by atoms with Gasteiger partial charge in [0.25, 0.3) is 0 Å². The third-order valence-corrected chi connectivity index (χ3v) is 3.56. The van der Waals surface area contributed by atoms with Crippen LogP contribution in [0.4, 0.5) is 0 Å². The molecule has 2 heteroatoms. The van der Waals surface area contributed by atoms with Crippen LogP contribution in [0, 0.1) is 5.92 Å². The van der Waals surface area contributed by atoms with Crippen LogP contribution in [0.25, 0.3) is 11.1 Å². The van der Waals surface area contributed by atoms with E-state index in [4.69, 9.17) is 0 Å². The van der Waals surface area contributed by atoms with Gasteiger partial charge in [0.2, 0.25) is 0 Å². The van der Waals surface area contributed by atoms with E-state index in [1.807, 2.05) is 37.3 Å². The molecule has 0 amide bonds. The summed E-state index contributed by atoms with van der Waals surface area (Å²) in [6, 6.07) is 13.0. The lowest BCUT2D eigenvalue weighted by Crippen LogP contribution is -2.02. The van der Waals surface area contributed by atoms with E-state index in [9.17, 15) is 9.90 Å². The van der Waals surface area contributed by atoms with Gasteiger partial charge >= 0.3 is 0 Å². The molecule has 0 spiro atoms. The van der Waals surface area contributed by atoms with Crippen LogP contribution >= 0.6 is 0 Å². The molecule has 0 fully saturated rings. The first-order valence-corrected chi connectivity index (χ1v) is 6.12. The molecule has 3 rings (SSSR count). The van der Waals surface area contributed by atoms with Gasteiger partial charge in [0.1, 0.15) is 5.75 Å². The van der Waals surface area contributed by atoms with Crippen LogP contribution in [0.5, 0.6) is 5.75 Å². The van der Waals surface area contributed by atoms with Crippen molar-refractivity contribution in [3.8, 4) is 16.9 Å². The molecule has 2 aromatic rings. The van der Waals surface area contributed by atoms with Gasteiger partial charge in [0.15, 0.2) is 5.78 Å². The lowest BCUT2D eigenvalue weighted by Gasteiger charge is -2.08. The van der Waals surface area contributed by atoms with Gasteiger partial charge in [-0.05, 0) is 35.2 Å². The van der Waals surface area contributed by atoms with Crippen LogP contribution in [0.15, 0.2) is 42.5 Å². The predicted octanol–water partition coefficient (Wildman–Crippen LogP) is 3.43. The Morgan fingerprint density at radius 3 is 2.61 bits per heavy atom. The third kappa shape index (κ3) is 1.61. The van der Waals surface area contributed by atoms with Crippen molar-refractivity contribution in [2.45, 2.75) is 13.3 Å². The van der Waals surface area contributed by atoms with Crippen molar-refractivity contribution in [1.29, 1.82) is 0 Å². The zero-order valence-corrected chi connectivity index (χ0v) is 10.2. The number of fused-ring (bicyclic) bond motifs is 1. The molecule has 0 aliphatic heterocycles. The zero-order valence-electron chi connectivity index (χ0n) is 10.2. The molecular formula is C16H14O2. The first-order valence-electron chi connectivity index (χ1n) is 6.12. The largest absolute Gasteiger partial charge is 0.508 e. The molecule has 0 bridgehead atoms. The van der Waals surface area contributed by atoms with Gasteiger partial charge < -0.3 is 5.11 Å². The number of hydrogen-bond acceptors (Lipinski definition) is 2. The molecule has 2 nitrogen and oxygen atoms in total. The number of benzene rings is 2. The summed E-state index contributed by atoms with van der Waals surface area (Å²) in [5, 5.41) is 9.56. The Morgan fingerprint density at radius 1 is 1.11 bits per heavy atom. The van der Waals surface area contributed by atoms with E-state index >= 15 is 0 Å². The fourth-order valence-electron chi connectivity index (χ4n) is 2.65. The van der Waals surface area contributed by atoms with Crippen LogP contribution in [0.1, 0.15) is 22.8 Å². The van der Waals surface area contributed by atoms with Crippen LogP contribution in [0.3, 0.4) is 0 Å². The van der Waals surface area contributed by atoms with E-state index in [1.165, 1.54) is 0 Å². The van der Waals surface area contributed by atoms with Gasteiger partial charge in [0, 0.05) is 11.5 Å². The number of rotatable bonds is 1. The number of phenolic OH excluding ortho intramolecular Hbond substituents is 1. The molecule has 18 heavy (non-hydrogen) atoms. The van der Waals surface area contributed by atoms with E-state index in [0.717, 1.165) is 28.7 Å². The van der Waals surface area contributed by atoms with Crippen LogP contribution in [-0.4, -0.2) is 10.9 Å². The van der Waals surface area contributed by atoms with Crippen LogP contribution < -0.4 is 0 Å². The SMILES string of the molecule is CC1Cc2c(cccc2-c2cccc(O)c2)C1=O. The Bertz CT molecular complexity index is 629. The Labute approximate surface area is 106 Å². The maximum atomic E-state index is 12.0. The Kier molecular flexibility index (Phi) is 2.44. The van der Waals surface area contributed by atoms with Gasteiger partial charge in [-0.15, -0.1) is 0 Å². The fourth-order valence-corrected chi connectivity index (χ4v) is 2.65. The summed E-state index contributed by atoms with van der Waals surface area (Å²) in [4.78, 5) is 12.0. The van der Waals surface area contributed by atoms with Crippen molar-refractivity contribution in [1.82, 2.24) is 0 Å². The normalized spacial score (nSPS) is 17.8. The lowest BCUT2D eigenvalue weighted by molar-refractivity contribution is 0.0946. The molecule has 0 radical (unpaired) electrons. The molecule has 90 valence electrons. The zero-order chi connectivity index (χ0) is 12.7. The molecule has 1 atom stereocenters. The Balaban J connectivity index is 2.19. The highest BCUT2D eigenvalue weighted by atomic mass is 16.3. The summed E-state index contributed by atoms with van der Waals surface area (Å²) in [6.45, 7) is 1.97. The summed E-state index contributed by atoms with van der Waals surface area (Å²) >= 11 is 0. The average Bonchev–Trinajstić information content (AvgIpc) is 2.65. The number of Topliss-reactive ketones (excluding diaryl/α,β-unsaturated/α-hetero) is 1. The topological polar surface area (TPSA) is 37.3 Å². The van der Waals surface area contributed by atoms with Crippen molar-refractivity contribution in [3.63, 3.8) is 0 Å². The summed E-state index contributed by atoms with van der Waals surface area (Å²) in [7, 11) is 0. The monoisotopic (exact) mass is 238 g/mol. The highest BCUT2D eigenvalue weighted by molar-refractivity contribution is 6.03. The molecule has 1 unspecified atom stereocenters. The first-order chi connectivity index (χ1) is 8.66. The molecule has 0 heterocycles. The number of hydrogen-bond donors (Lipinski definition) is 1. The van der Waals surface area contributed by atoms with Crippen molar-refractivity contribution < 1.29 is 9.90 Å². The molecular weight excluding hydrogens is 224 g/mol. The Morgan fingerprint density at radius 2 is 1.83 bits per heavy atom. The number of ketones is 1. The van der Waals surface area contributed by atoms with Gasteiger partial charge in [-0.2, -0.15) is 0 Å². The molecule has 1 N–H and O–H groups in total. The second-order valence-corrected chi connectivity index (χ2v) is 4.85. The van der Waals surface area contributed by atoms with E-state index in [-0.39, 0.29) is 17.5 Å². The summed E-state index contributed by atoms with van der Waals surface area (Å²) in [6.07, 6.45) is 0.792. The maximum absolute atomic E-state index is 12.0. The van der Waals surface area contributed by atoms with E-state index < -0.39 is 0 Å². The smallest absolute Gasteiger partial charge is 0.166 e. The van der Waals surface area contributed by atoms with Crippen LogP contribution in [0.2, 0.25) is 0 Å². The maximum Gasteiger partial charge on any atom is 0.166 e. The molecule has 1 aliphatic rings. The molecule has 1 aliphatic carbocycles. The summed E-state index contributed by atoms with van der Waals surface area (Å²) in [5.74, 6) is 0.549. The number of carbonyl (C=O) groups excluding carboxylic acids is 1.